The highest BCUT2D eigenvalue weighted by Gasteiger charge is 2.11. The number of ether oxygens (including phenoxy) is 2. The van der Waals surface area contributed by atoms with Crippen LogP contribution in [0.25, 0.3) is 0 Å². The summed E-state index contributed by atoms with van der Waals surface area (Å²) in [6.45, 7) is 7.94. The Labute approximate surface area is 240 Å². The van der Waals surface area contributed by atoms with Gasteiger partial charge in [-0.1, -0.05) is 142 Å². The van der Waals surface area contributed by atoms with Crippen molar-refractivity contribution in [3.05, 3.63) is 12.2 Å². The second kappa shape index (κ2) is 32.8. The van der Waals surface area contributed by atoms with Crippen molar-refractivity contribution in [3.63, 3.8) is 0 Å². The van der Waals surface area contributed by atoms with E-state index in [-0.39, 0.29) is 0 Å². The van der Waals surface area contributed by atoms with Crippen LogP contribution in [0.4, 0.5) is 0 Å². The van der Waals surface area contributed by atoms with Crippen molar-refractivity contribution in [1.82, 2.24) is 4.90 Å². The largest absolute Gasteiger partial charge is 0.380 e. The topological polar surface area (TPSA) is 21.7 Å². The van der Waals surface area contributed by atoms with Crippen LogP contribution >= 0.6 is 0 Å². The quantitative estimate of drug-likeness (QED) is 0.0629. The van der Waals surface area contributed by atoms with E-state index in [0.717, 1.165) is 26.4 Å². The second-order valence-corrected chi connectivity index (χ2v) is 11.9. The molecule has 0 heterocycles. The lowest BCUT2D eigenvalue weighted by molar-refractivity contribution is 0.0197. The van der Waals surface area contributed by atoms with Crippen LogP contribution in [-0.4, -0.2) is 51.5 Å². The molecule has 0 saturated heterocycles. The smallest absolute Gasteiger partial charge is 0.0644 e. The number of hydrogen-bond donors (Lipinski definition) is 0. The van der Waals surface area contributed by atoms with E-state index in [1.165, 1.54) is 154 Å². The second-order valence-electron chi connectivity index (χ2n) is 11.9. The van der Waals surface area contributed by atoms with Gasteiger partial charge in [-0.15, -0.1) is 0 Å². The molecule has 0 spiro atoms. The minimum Gasteiger partial charge on any atom is -0.380 e. The molecule has 3 nitrogen and oxygen atoms in total. The van der Waals surface area contributed by atoms with Gasteiger partial charge in [0.2, 0.25) is 0 Å². The van der Waals surface area contributed by atoms with Crippen molar-refractivity contribution in [1.29, 1.82) is 0 Å². The highest BCUT2D eigenvalue weighted by atomic mass is 16.5. The molecule has 38 heavy (non-hydrogen) atoms. The van der Waals surface area contributed by atoms with Gasteiger partial charge in [0.1, 0.15) is 0 Å². The summed E-state index contributed by atoms with van der Waals surface area (Å²) in [5.41, 5.74) is 0. The van der Waals surface area contributed by atoms with Gasteiger partial charge in [-0.05, 0) is 52.6 Å². The molecule has 0 aromatic heterocycles. The summed E-state index contributed by atoms with van der Waals surface area (Å²) in [5, 5.41) is 0. The molecule has 0 rings (SSSR count). The first kappa shape index (κ1) is 37.6. The lowest BCUT2D eigenvalue weighted by Gasteiger charge is -2.24. The van der Waals surface area contributed by atoms with E-state index in [4.69, 9.17) is 9.47 Å². The van der Waals surface area contributed by atoms with Crippen LogP contribution in [0.3, 0.4) is 0 Å². The molecule has 0 N–H and O–H groups in total. The number of unbranched alkanes of at least 4 members (excludes halogenated alkanes) is 21. The van der Waals surface area contributed by atoms with E-state index in [1.807, 2.05) is 0 Å². The molecule has 1 atom stereocenters. The minimum atomic E-state index is 0.371. The Kier molecular flexibility index (Phi) is 32.5. The Balaban J connectivity index is 3.34. The van der Waals surface area contributed by atoms with Gasteiger partial charge < -0.3 is 14.4 Å². The summed E-state index contributed by atoms with van der Waals surface area (Å²) >= 11 is 0. The summed E-state index contributed by atoms with van der Waals surface area (Å²) in [7, 11) is 4.27. The van der Waals surface area contributed by atoms with Crippen LogP contribution in [0.15, 0.2) is 12.2 Å². The molecule has 0 radical (unpaired) electrons. The third-order valence-corrected chi connectivity index (χ3v) is 7.79. The van der Waals surface area contributed by atoms with Crippen molar-refractivity contribution in [2.24, 2.45) is 0 Å². The molecule has 0 unspecified atom stereocenters. The monoisotopic (exact) mass is 538 g/mol. The molecule has 0 saturated carbocycles. The van der Waals surface area contributed by atoms with Crippen LogP contribution in [0.2, 0.25) is 0 Å². The highest BCUT2D eigenvalue weighted by Crippen LogP contribution is 2.13. The molecule has 228 valence electrons. The average Bonchev–Trinajstić information content (AvgIpc) is 2.91. The van der Waals surface area contributed by atoms with Crippen molar-refractivity contribution in [2.75, 3.05) is 40.5 Å². The van der Waals surface area contributed by atoms with Crippen molar-refractivity contribution in [2.45, 2.75) is 174 Å². The van der Waals surface area contributed by atoms with E-state index >= 15 is 0 Å². The van der Waals surface area contributed by atoms with E-state index in [1.54, 1.807) is 0 Å². The van der Waals surface area contributed by atoms with E-state index in [2.05, 4.69) is 45.0 Å². The Hall–Kier alpha value is -0.380. The van der Waals surface area contributed by atoms with Gasteiger partial charge in [-0.25, -0.2) is 0 Å². The molecule has 0 amide bonds. The number of hydrogen-bond acceptors (Lipinski definition) is 3. The summed E-state index contributed by atoms with van der Waals surface area (Å²) in [4.78, 5) is 2.25. The normalized spacial score (nSPS) is 12.8. The third kappa shape index (κ3) is 30.2. The van der Waals surface area contributed by atoms with E-state index < -0.39 is 0 Å². The summed E-state index contributed by atoms with van der Waals surface area (Å²) in [6, 6.07) is 0.371. The van der Waals surface area contributed by atoms with Gasteiger partial charge in [0.05, 0.1) is 19.3 Å². The van der Waals surface area contributed by atoms with Crippen LogP contribution in [0.5, 0.6) is 0 Å². The third-order valence-electron chi connectivity index (χ3n) is 7.79. The van der Waals surface area contributed by atoms with Crippen molar-refractivity contribution >= 4 is 0 Å². The van der Waals surface area contributed by atoms with Gasteiger partial charge in [0.15, 0.2) is 0 Å². The van der Waals surface area contributed by atoms with Gasteiger partial charge >= 0.3 is 0 Å². The fourth-order valence-electron chi connectivity index (χ4n) is 4.93. The highest BCUT2D eigenvalue weighted by molar-refractivity contribution is 4.81. The van der Waals surface area contributed by atoms with Gasteiger partial charge in [0, 0.05) is 13.2 Å². The molecule has 0 aliphatic rings. The predicted molar refractivity (Wildman–Crippen MR) is 170 cm³/mol. The molecule has 0 fully saturated rings. The lowest BCUT2D eigenvalue weighted by Crippen LogP contribution is -2.37. The zero-order chi connectivity index (χ0) is 27.8. The van der Waals surface area contributed by atoms with Crippen LogP contribution < -0.4 is 0 Å². The first-order valence-corrected chi connectivity index (χ1v) is 17.2. The van der Waals surface area contributed by atoms with Crippen LogP contribution in [-0.2, 0) is 9.47 Å². The number of rotatable bonds is 32. The maximum Gasteiger partial charge on any atom is 0.0644 e. The number of allylic oxidation sites excluding steroid dienone is 2. The Morgan fingerprint density at radius 3 is 1.11 bits per heavy atom. The molecule has 0 bridgehead atoms. The van der Waals surface area contributed by atoms with Crippen LogP contribution in [0.1, 0.15) is 168 Å². The Morgan fingerprint density at radius 1 is 0.447 bits per heavy atom. The maximum atomic E-state index is 5.99. The molecule has 0 aromatic carbocycles. The molecule has 0 aliphatic carbocycles. The van der Waals surface area contributed by atoms with Gasteiger partial charge in [-0.2, -0.15) is 0 Å². The summed E-state index contributed by atoms with van der Waals surface area (Å²) < 4.78 is 11.9. The van der Waals surface area contributed by atoms with Crippen molar-refractivity contribution < 1.29 is 9.47 Å². The van der Waals surface area contributed by atoms with Gasteiger partial charge in [-0.3, -0.25) is 0 Å². The maximum absolute atomic E-state index is 5.99. The van der Waals surface area contributed by atoms with Crippen LogP contribution in [0, 0.1) is 0 Å². The number of likely N-dealkylation sites (N-methyl/N-ethyl adjacent to an activating group) is 1. The van der Waals surface area contributed by atoms with Crippen molar-refractivity contribution in [3.8, 4) is 0 Å². The first-order valence-electron chi connectivity index (χ1n) is 17.2. The first-order chi connectivity index (χ1) is 18.7. The molecule has 0 aromatic rings. The molecular weight excluding hydrogens is 466 g/mol. The van der Waals surface area contributed by atoms with E-state index in [9.17, 15) is 0 Å². The fourth-order valence-corrected chi connectivity index (χ4v) is 4.93. The molecular formula is C35H71NO2. The number of nitrogens with zero attached hydrogens (tertiary/aromatic N) is 1. The molecule has 3 heteroatoms. The summed E-state index contributed by atoms with van der Waals surface area (Å²) in [5.74, 6) is 0. The summed E-state index contributed by atoms with van der Waals surface area (Å²) in [6.07, 6.45) is 37.6. The zero-order valence-corrected chi connectivity index (χ0v) is 26.8. The molecule has 0 aliphatic heterocycles. The SMILES string of the molecule is CCCCCCCCC=CCCCCCCCCCCCCOC[C@H](COCCCCCCCC)N(C)C. The average molecular weight is 538 g/mol. The fraction of sp³-hybridized carbons (Fsp3) is 0.943. The standard InChI is InChI=1S/C35H71NO2/c1-5-7-9-11-13-14-15-16-17-18-19-20-21-22-23-24-25-26-28-30-32-38-34-35(36(3)4)33-37-31-29-27-12-10-8-6-2/h16-17,35H,5-15,18-34H2,1-4H3/t35-/m0/s1. The van der Waals surface area contributed by atoms with Gasteiger partial charge in [0.25, 0.3) is 0 Å². The lowest BCUT2D eigenvalue weighted by atomic mass is 10.1. The zero-order valence-electron chi connectivity index (χ0n) is 26.8. The Bertz CT molecular complexity index is 451. The Morgan fingerprint density at radius 2 is 0.763 bits per heavy atom. The minimum absolute atomic E-state index is 0.371. The van der Waals surface area contributed by atoms with E-state index in [0.29, 0.717) is 6.04 Å². The predicted octanol–water partition coefficient (Wildman–Crippen LogP) is 10.9.